The standard InChI is InChI=1S/C10H11NO2S/c1-6(2)3-8-10-9(13-11-8)4-7(5-12)14-10/h4-6H,3H2,1-2H3. The molecule has 14 heavy (non-hydrogen) atoms. The van der Waals surface area contributed by atoms with Gasteiger partial charge in [-0.1, -0.05) is 19.0 Å². The average molecular weight is 209 g/mol. The van der Waals surface area contributed by atoms with Crippen LogP contribution in [0.3, 0.4) is 0 Å². The van der Waals surface area contributed by atoms with Crippen LogP contribution >= 0.6 is 11.3 Å². The second-order valence-electron chi connectivity index (χ2n) is 3.69. The Balaban J connectivity index is 2.44. The van der Waals surface area contributed by atoms with Gasteiger partial charge in [-0.25, -0.2) is 0 Å². The van der Waals surface area contributed by atoms with Gasteiger partial charge in [0.2, 0.25) is 0 Å². The topological polar surface area (TPSA) is 43.1 Å². The van der Waals surface area contributed by atoms with Gasteiger partial charge in [0.15, 0.2) is 11.9 Å². The highest BCUT2D eigenvalue weighted by molar-refractivity contribution is 7.20. The molecular weight excluding hydrogens is 198 g/mol. The van der Waals surface area contributed by atoms with Crippen molar-refractivity contribution in [3.8, 4) is 0 Å². The molecule has 2 aromatic rings. The third-order valence-corrected chi connectivity index (χ3v) is 3.04. The van der Waals surface area contributed by atoms with Crippen LogP contribution in [0.1, 0.15) is 29.2 Å². The molecule has 74 valence electrons. The Morgan fingerprint density at radius 3 is 3.07 bits per heavy atom. The SMILES string of the molecule is CC(C)Cc1noc2cc(C=O)sc12. The van der Waals surface area contributed by atoms with Gasteiger partial charge in [0, 0.05) is 6.07 Å². The Bertz CT molecular complexity index is 456. The van der Waals surface area contributed by atoms with Gasteiger partial charge in [-0.3, -0.25) is 4.79 Å². The largest absolute Gasteiger partial charge is 0.355 e. The number of fused-ring (bicyclic) bond motifs is 1. The van der Waals surface area contributed by atoms with Crippen molar-refractivity contribution < 1.29 is 9.32 Å². The van der Waals surface area contributed by atoms with E-state index in [-0.39, 0.29) is 0 Å². The van der Waals surface area contributed by atoms with E-state index in [1.807, 2.05) is 0 Å². The summed E-state index contributed by atoms with van der Waals surface area (Å²) >= 11 is 1.45. The average Bonchev–Trinajstić information content (AvgIpc) is 2.66. The fraction of sp³-hybridized carbons (Fsp3) is 0.400. The van der Waals surface area contributed by atoms with E-state index in [4.69, 9.17) is 4.52 Å². The molecule has 0 saturated carbocycles. The minimum Gasteiger partial charge on any atom is -0.355 e. The number of aldehydes is 1. The lowest BCUT2D eigenvalue weighted by molar-refractivity contribution is 0.112. The minimum atomic E-state index is 0.546. The summed E-state index contributed by atoms with van der Waals surface area (Å²) in [7, 11) is 0. The van der Waals surface area contributed by atoms with Gasteiger partial charge in [0.05, 0.1) is 9.58 Å². The highest BCUT2D eigenvalue weighted by atomic mass is 32.1. The van der Waals surface area contributed by atoms with Crippen LogP contribution in [-0.2, 0) is 6.42 Å². The molecule has 2 aromatic heterocycles. The monoisotopic (exact) mass is 209 g/mol. The molecule has 2 heterocycles. The molecule has 0 unspecified atom stereocenters. The van der Waals surface area contributed by atoms with Gasteiger partial charge in [-0.2, -0.15) is 0 Å². The van der Waals surface area contributed by atoms with E-state index >= 15 is 0 Å². The van der Waals surface area contributed by atoms with Crippen molar-refractivity contribution in [3.05, 3.63) is 16.6 Å². The Kier molecular flexibility index (Phi) is 2.37. The molecule has 0 radical (unpaired) electrons. The van der Waals surface area contributed by atoms with Crippen molar-refractivity contribution >= 4 is 27.9 Å². The zero-order chi connectivity index (χ0) is 10.1. The lowest BCUT2D eigenvalue weighted by Crippen LogP contribution is -1.93. The summed E-state index contributed by atoms with van der Waals surface area (Å²) in [6, 6.07) is 1.74. The van der Waals surface area contributed by atoms with Crippen molar-refractivity contribution in [1.82, 2.24) is 5.16 Å². The van der Waals surface area contributed by atoms with Crippen LogP contribution in [0, 0.1) is 5.92 Å². The fourth-order valence-electron chi connectivity index (χ4n) is 1.38. The van der Waals surface area contributed by atoms with Gasteiger partial charge in [-0.15, -0.1) is 11.3 Å². The quantitative estimate of drug-likeness (QED) is 0.730. The maximum Gasteiger partial charge on any atom is 0.178 e. The summed E-state index contributed by atoms with van der Waals surface area (Å²) in [5.74, 6) is 0.546. The Labute approximate surface area is 85.7 Å². The van der Waals surface area contributed by atoms with Crippen molar-refractivity contribution in [2.45, 2.75) is 20.3 Å². The number of nitrogens with zero attached hydrogens (tertiary/aromatic N) is 1. The number of hydrogen-bond donors (Lipinski definition) is 0. The van der Waals surface area contributed by atoms with Crippen molar-refractivity contribution in [3.63, 3.8) is 0 Å². The molecule has 4 heteroatoms. The van der Waals surface area contributed by atoms with Gasteiger partial charge in [0.1, 0.15) is 5.69 Å². The van der Waals surface area contributed by atoms with E-state index in [2.05, 4.69) is 19.0 Å². The van der Waals surface area contributed by atoms with Gasteiger partial charge < -0.3 is 4.52 Å². The van der Waals surface area contributed by atoms with Crippen molar-refractivity contribution in [2.24, 2.45) is 5.92 Å². The number of aromatic nitrogens is 1. The highest BCUT2D eigenvalue weighted by Gasteiger charge is 2.13. The van der Waals surface area contributed by atoms with Gasteiger partial charge in [0.25, 0.3) is 0 Å². The summed E-state index contributed by atoms with van der Waals surface area (Å²) in [6.45, 7) is 4.27. The zero-order valence-electron chi connectivity index (χ0n) is 8.11. The van der Waals surface area contributed by atoms with Gasteiger partial charge in [-0.05, 0) is 12.3 Å². The first-order valence-corrected chi connectivity index (χ1v) is 5.35. The summed E-state index contributed by atoms with van der Waals surface area (Å²) in [5, 5.41) is 3.99. The maximum absolute atomic E-state index is 10.6. The lowest BCUT2D eigenvalue weighted by atomic mass is 10.1. The first-order chi connectivity index (χ1) is 6.70. The molecule has 0 atom stereocenters. The Morgan fingerprint density at radius 1 is 1.64 bits per heavy atom. The predicted octanol–water partition coefficient (Wildman–Crippen LogP) is 2.90. The number of carbonyl (C=O) groups excluding carboxylic acids is 1. The summed E-state index contributed by atoms with van der Waals surface area (Å²) < 4.78 is 6.15. The van der Waals surface area contributed by atoms with E-state index in [1.165, 1.54) is 11.3 Å². The highest BCUT2D eigenvalue weighted by Crippen LogP contribution is 2.28. The van der Waals surface area contributed by atoms with Crippen LogP contribution in [0.2, 0.25) is 0 Å². The number of hydrogen-bond acceptors (Lipinski definition) is 4. The molecule has 0 spiro atoms. The number of rotatable bonds is 3. The fourth-order valence-corrected chi connectivity index (χ4v) is 2.27. The third-order valence-electron chi connectivity index (χ3n) is 1.95. The van der Waals surface area contributed by atoms with E-state index in [1.54, 1.807) is 6.07 Å². The molecule has 0 aromatic carbocycles. The second kappa shape index (κ2) is 3.53. The van der Waals surface area contributed by atoms with Gasteiger partial charge >= 0.3 is 0 Å². The number of carbonyl (C=O) groups is 1. The van der Waals surface area contributed by atoms with Crippen LogP contribution in [0.5, 0.6) is 0 Å². The summed E-state index contributed by atoms with van der Waals surface area (Å²) in [5.41, 5.74) is 1.70. The summed E-state index contributed by atoms with van der Waals surface area (Å²) in [4.78, 5) is 11.3. The molecule has 0 aliphatic heterocycles. The third kappa shape index (κ3) is 1.57. The molecule has 0 fully saturated rings. The minimum absolute atomic E-state index is 0.546. The normalized spacial score (nSPS) is 11.4. The van der Waals surface area contributed by atoms with Crippen molar-refractivity contribution in [1.29, 1.82) is 0 Å². The Morgan fingerprint density at radius 2 is 2.43 bits per heavy atom. The second-order valence-corrected chi connectivity index (χ2v) is 4.77. The van der Waals surface area contributed by atoms with Crippen LogP contribution < -0.4 is 0 Å². The van der Waals surface area contributed by atoms with E-state index < -0.39 is 0 Å². The molecule has 2 rings (SSSR count). The van der Waals surface area contributed by atoms with E-state index in [0.29, 0.717) is 10.8 Å². The number of thiophene rings is 1. The first kappa shape index (κ1) is 9.40. The molecular formula is C10H11NO2S. The molecule has 0 saturated heterocycles. The van der Waals surface area contributed by atoms with Crippen molar-refractivity contribution in [2.75, 3.05) is 0 Å². The maximum atomic E-state index is 10.6. The molecule has 0 aliphatic rings. The molecule has 3 nitrogen and oxygen atoms in total. The van der Waals surface area contributed by atoms with Crippen LogP contribution in [0.15, 0.2) is 10.6 Å². The smallest absolute Gasteiger partial charge is 0.178 e. The van der Waals surface area contributed by atoms with E-state index in [9.17, 15) is 4.79 Å². The molecule has 0 aliphatic carbocycles. The zero-order valence-corrected chi connectivity index (χ0v) is 8.93. The van der Waals surface area contributed by atoms with Crippen LogP contribution in [0.25, 0.3) is 10.3 Å². The molecule has 0 N–H and O–H groups in total. The first-order valence-electron chi connectivity index (χ1n) is 4.54. The lowest BCUT2D eigenvalue weighted by Gasteiger charge is -1.97. The summed E-state index contributed by atoms with van der Waals surface area (Å²) in [6.07, 6.45) is 1.74. The van der Waals surface area contributed by atoms with Crippen LogP contribution in [-0.4, -0.2) is 11.4 Å². The predicted molar refractivity (Wildman–Crippen MR) is 55.8 cm³/mol. The van der Waals surface area contributed by atoms with E-state index in [0.717, 1.165) is 28.7 Å². The molecule has 0 bridgehead atoms. The van der Waals surface area contributed by atoms with Crippen LogP contribution in [0.4, 0.5) is 0 Å². The Hall–Kier alpha value is -1.16. The molecule has 0 amide bonds.